The van der Waals surface area contributed by atoms with Crippen LogP contribution in [0.15, 0.2) is 70.9 Å². The number of hydrogen-bond donors (Lipinski definition) is 0. The summed E-state index contributed by atoms with van der Waals surface area (Å²) in [7, 11) is 0. The third-order valence-corrected chi connectivity index (χ3v) is 6.53. The van der Waals surface area contributed by atoms with E-state index in [1.807, 2.05) is 79.9 Å². The second-order valence-electron chi connectivity index (χ2n) is 6.75. The van der Waals surface area contributed by atoms with Crippen LogP contribution in [0.1, 0.15) is 21.6 Å². The number of carbonyl (C=O) groups excluding carboxylic acids is 2. The fourth-order valence-corrected chi connectivity index (χ4v) is 5.22. The predicted molar refractivity (Wildman–Crippen MR) is 117 cm³/mol. The fourth-order valence-electron chi connectivity index (χ4n) is 3.33. The maximum absolute atomic E-state index is 13.3. The third kappa shape index (κ3) is 3.55. The number of amides is 2. The first-order valence-electron chi connectivity index (χ1n) is 8.96. The van der Waals surface area contributed by atoms with Gasteiger partial charge in [0.15, 0.2) is 0 Å². The van der Waals surface area contributed by atoms with Crippen LogP contribution in [0.4, 0.5) is 5.69 Å². The van der Waals surface area contributed by atoms with Crippen molar-refractivity contribution in [1.29, 1.82) is 0 Å². The molecule has 0 radical (unpaired) electrons. The Balaban J connectivity index is 1.73. The molecule has 0 atom stereocenters. The number of rotatable bonds is 5. The van der Waals surface area contributed by atoms with Crippen molar-refractivity contribution in [2.75, 3.05) is 4.90 Å². The van der Waals surface area contributed by atoms with E-state index in [-0.39, 0.29) is 11.8 Å². The fraction of sp³-hybridized carbons (Fsp3) is 0.130. The average molecular weight is 406 g/mol. The molecule has 2 aromatic carbocycles. The Kier molecular flexibility index (Phi) is 5.20. The Labute approximate surface area is 172 Å². The molecule has 28 heavy (non-hydrogen) atoms. The quantitative estimate of drug-likeness (QED) is 0.520. The van der Waals surface area contributed by atoms with E-state index >= 15 is 0 Å². The van der Waals surface area contributed by atoms with E-state index in [0.29, 0.717) is 21.9 Å². The van der Waals surface area contributed by atoms with Crippen LogP contribution in [0.5, 0.6) is 0 Å². The van der Waals surface area contributed by atoms with Crippen LogP contribution in [0, 0.1) is 13.8 Å². The van der Waals surface area contributed by atoms with Gasteiger partial charge in [-0.3, -0.25) is 9.59 Å². The molecule has 0 aliphatic carbocycles. The lowest BCUT2D eigenvalue weighted by Crippen LogP contribution is -2.31. The summed E-state index contributed by atoms with van der Waals surface area (Å²) in [5.41, 5.74) is 4.32. The largest absolute Gasteiger partial charge is 0.272 e. The average Bonchev–Trinajstić information content (AvgIpc) is 3.26. The van der Waals surface area contributed by atoms with Gasteiger partial charge in [-0.05, 0) is 54.1 Å². The summed E-state index contributed by atoms with van der Waals surface area (Å²) in [5, 5.41) is 1.93. The van der Waals surface area contributed by atoms with Crippen molar-refractivity contribution in [3.8, 4) is 0 Å². The van der Waals surface area contributed by atoms with E-state index in [1.54, 1.807) is 0 Å². The van der Waals surface area contributed by atoms with Crippen molar-refractivity contribution < 1.29 is 9.59 Å². The maximum atomic E-state index is 13.3. The number of imide groups is 1. The van der Waals surface area contributed by atoms with Crippen LogP contribution < -0.4 is 4.90 Å². The first kappa shape index (κ1) is 18.7. The number of benzene rings is 2. The molecule has 0 fully saturated rings. The van der Waals surface area contributed by atoms with E-state index in [1.165, 1.54) is 28.0 Å². The molecular formula is C23H19NO2S2. The number of anilines is 1. The Bertz CT molecular complexity index is 1050. The second kappa shape index (κ2) is 7.78. The molecule has 0 saturated heterocycles. The van der Waals surface area contributed by atoms with E-state index in [9.17, 15) is 9.59 Å². The summed E-state index contributed by atoms with van der Waals surface area (Å²) >= 11 is 2.92. The van der Waals surface area contributed by atoms with Gasteiger partial charge in [0.25, 0.3) is 11.8 Å². The zero-order valence-electron chi connectivity index (χ0n) is 15.6. The van der Waals surface area contributed by atoms with Crippen molar-refractivity contribution in [2.45, 2.75) is 19.6 Å². The first-order valence-corrected chi connectivity index (χ1v) is 10.8. The zero-order chi connectivity index (χ0) is 19.7. The normalized spacial score (nSPS) is 14.3. The minimum Gasteiger partial charge on any atom is -0.268 e. The van der Waals surface area contributed by atoms with E-state index in [0.717, 1.165) is 21.6 Å². The van der Waals surface area contributed by atoms with Crippen molar-refractivity contribution in [1.82, 2.24) is 0 Å². The number of thiophene rings is 1. The van der Waals surface area contributed by atoms with Gasteiger partial charge in [0.05, 0.1) is 16.2 Å². The summed E-state index contributed by atoms with van der Waals surface area (Å²) in [6.45, 7) is 3.94. The minimum absolute atomic E-state index is 0.237. The number of thioether (sulfide) groups is 1. The molecule has 3 aromatic rings. The summed E-state index contributed by atoms with van der Waals surface area (Å²) in [5.74, 6) is 0.164. The highest BCUT2D eigenvalue weighted by Crippen LogP contribution is 2.41. The maximum Gasteiger partial charge on any atom is 0.272 e. The molecule has 0 unspecified atom stereocenters. The van der Waals surface area contributed by atoms with Crippen LogP contribution >= 0.6 is 23.1 Å². The van der Waals surface area contributed by atoms with Crippen molar-refractivity contribution in [2.24, 2.45) is 0 Å². The van der Waals surface area contributed by atoms with E-state index < -0.39 is 0 Å². The summed E-state index contributed by atoms with van der Waals surface area (Å²) in [6, 6.07) is 19.6. The van der Waals surface area contributed by atoms with Gasteiger partial charge in [-0.15, -0.1) is 23.1 Å². The summed E-state index contributed by atoms with van der Waals surface area (Å²) < 4.78 is 0. The number of carbonyl (C=O) groups is 2. The van der Waals surface area contributed by atoms with Crippen molar-refractivity contribution in [3.05, 3.63) is 92.5 Å². The molecule has 0 N–H and O–H groups in total. The number of nitrogens with zero attached hydrogens (tertiary/aromatic N) is 1. The summed E-state index contributed by atoms with van der Waals surface area (Å²) in [4.78, 5) is 29.3. The standard InChI is InChI=1S/C23H19NO2S2/c1-15-11-16(2)13-18(12-15)24-22(25)20(19-9-6-10-27-19)21(23(24)26)28-14-17-7-4-3-5-8-17/h3-13H,14H2,1-2H3. The molecule has 140 valence electrons. The molecule has 1 aromatic heterocycles. The van der Waals surface area contributed by atoms with E-state index in [2.05, 4.69) is 0 Å². The van der Waals surface area contributed by atoms with Crippen molar-refractivity contribution in [3.63, 3.8) is 0 Å². The highest BCUT2D eigenvalue weighted by atomic mass is 32.2. The molecule has 2 amide bonds. The molecule has 4 rings (SSSR count). The van der Waals surface area contributed by atoms with Gasteiger partial charge >= 0.3 is 0 Å². The number of hydrogen-bond acceptors (Lipinski definition) is 4. The van der Waals surface area contributed by atoms with Gasteiger partial charge in [-0.25, -0.2) is 4.90 Å². The van der Waals surface area contributed by atoms with Crippen LogP contribution in [-0.2, 0) is 15.3 Å². The SMILES string of the molecule is Cc1cc(C)cc(N2C(=O)C(SCc3ccccc3)=C(c3cccs3)C2=O)c1. The summed E-state index contributed by atoms with van der Waals surface area (Å²) in [6.07, 6.45) is 0. The van der Waals surface area contributed by atoms with Gasteiger partial charge in [-0.2, -0.15) is 0 Å². The lowest BCUT2D eigenvalue weighted by molar-refractivity contribution is -0.119. The molecule has 2 heterocycles. The van der Waals surface area contributed by atoms with Gasteiger partial charge in [-0.1, -0.05) is 42.5 Å². The smallest absolute Gasteiger partial charge is 0.268 e. The molecule has 0 spiro atoms. The molecule has 0 saturated carbocycles. The van der Waals surface area contributed by atoms with Gasteiger partial charge in [0.1, 0.15) is 0 Å². The highest BCUT2D eigenvalue weighted by Gasteiger charge is 2.40. The van der Waals surface area contributed by atoms with Crippen LogP contribution in [0.25, 0.3) is 5.57 Å². The molecule has 5 heteroatoms. The van der Waals surface area contributed by atoms with Crippen LogP contribution in [0.2, 0.25) is 0 Å². The van der Waals surface area contributed by atoms with Crippen LogP contribution in [0.3, 0.4) is 0 Å². The molecule has 0 bridgehead atoms. The molecule has 1 aliphatic heterocycles. The Morgan fingerprint density at radius 3 is 2.25 bits per heavy atom. The van der Waals surface area contributed by atoms with Crippen molar-refractivity contribution >= 4 is 46.2 Å². The monoisotopic (exact) mass is 405 g/mol. The van der Waals surface area contributed by atoms with Crippen LogP contribution in [-0.4, -0.2) is 11.8 Å². The Hall–Kier alpha value is -2.63. The van der Waals surface area contributed by atoms with Gasteiger partial charge < -0.3 is 0 Å². The highest BCUT2D eigenvalue weighted by molar-refractivity contribution is 8.03. The molecular weight excluding hydrogens is 386 g/mol. The number of aryl methyl sites for hydroxylation is 2. The molecule has 3 nitrogen and oxygen atoms in total. The lowest BCUT2D eigenvalue weighted by atomic mass is 10.1. The second-order valence-corrected chi connectivity index (χ2v) is 8.68. The third-order valence-electron chi connectivity index (χ3n) is 4.50. The topological polar surface area (TPSA) is 37.4 Å². The predicted octanol–water partition coefficient (Wildman–Crippen LogP) is 5.58. The van der Waals surface area contributed by atoms with Gasteiger partial charge in [0.2, 0.25) is 0 Å². The first-order chi connectivity index (χ1) is 13.5. The van der Waals surface area contributed by atoms with Gasteiger partial charge in [0, 0.05) is 10.6 Å². The molecule has 1 aliphatic rings. The Morgan fingerprint density at radius 2 is 1.61 bits per heavy atom. The lowest BCUT2D eigenvalue weighted by Gasteiger charge is -2.16. The van der Waals surface area contributed by atoms with E-state index in [4.69, 9.17) is 0 Å². The Morgan fingerprint density at radius 1 is 0.893 bits per heavy atom. The minimum atomic E-state index is -0.243. The zero-order valence-corrected chi connectivity index (χ0v) is 17.3.